The Morgan fingerprint density at radius 1 is 1.06 bits per heavy atom. The zero-order valence-corrected chi connectivity index (χ0v) is 38.9. The molecule has 0 unspecified atom stereocenters. The second-order valence-corrected chi connectivity index (χ2v) is 19.0. The minimum absolute atomic E-state index is 0.111. The number of likely N-dealkylation sites (tertiary alicyclic amines) is 1. The van der Waals surface area contributed by atoms with Crippen LogP contribution in [0.4, 0.5) is 0 Å². The normalized spacial score (nSPS) is 21.1. The highest BCUT2D eigenvalue weighted by atomic mass is 16.5. The van der Waals surface area contributed by atoms with Gasteiger partial charge in [-0.3, -0.25) is 34.0 Å². The van der Waals surface area contributed by atoms with Crippen LogP contribution in [0, 0.1) is 17.3 Å². The Labute approximate surface area is 382 Å². The largest absolute Gasteiger partial charge is 0.464 e. The number of fused-ring (bicyclic) bond motifs is 6. The number of carbonyl (C=O) groups is 5. The lowest BCUT2D eigenvalue weighted by molar-refractivity contribution is -0.155. The number of nitrogens with zero attached hydrogens (tertiary/aromatic N) is 5. The zero-order valence-electron chi connectivity index (χ0n) is 38.9. The fraction of sp³-hybridized carbons (Fsp3) is 0.490. The fourth-order valence-corrected chi connectivity index (χ4v) is 9.91. The average molecular weight is 888 g/mol. The topological polar surface area (TPSA) is 166 Å². The number of hydrogen-bond donors (Lipinski definition) is 3. The second kappa shape index (κ2) is 19.7. The maximum Gasteiger partial charge on any atom is 0.324 e. The predicted molar refractivity (Wildman–Crippen MR) is 250 cm³/mol. The molecule has 4 amide bonds. The van der Waals surface area contributed by atoms with Gasteiger partial charge in [0.05, 0.1) is 30.0 Å². The molecule has 65 heavy (non-hydrogen) atoms. The van der Waals surface area contributed by atoms with Gasteiger partial charge in [0.25, 0.3) is 5.91 Å². The van der Waals surface area contributed by atoms with E-state index < -0.39 is 53.3 Å². The van der Waals surface area contributed by atoms with Crippen LogP contribution >= 0.6 is 0 Å². The van der Waals surface area contributed by atoms with E-state index in [-0.39, 0.29) is 37.3 Å². The van der Waals surface area contributed by atoms with Crippen molar-refractivity contribution in [3.05, 3.63) is 90.3 Å². The second-order valence-electron chi connectivity index (χ2n) is 19.0. The van der Waals surface area contributed by atoms with Crippen LogP contribution in [0.5, 0.6) is 0 Å². The van der Waals surface area contributed by atoms with Gasteiger partial charge in [0, 0.05) is 67.7 Å². The molecule has 14 heteroatoms. The highest BCUT2D eigenvalue weighted by Crippen LogP contribution is 2.42. The molecule has 0 radical (unpaired) electrons. The van der Waals surface area contributed by atoms with E-state index in [1.165, 1.54) is 16.0 Å². The van der Waals surface area contributed by atoms with Gasteiger partial charge in [0.15, 0.2) is 0 Å². The van der Waals surface area contributed by atoms with Crippen LogP contribution < -0.4 is 10.7 Å². The summed E-state index contributed by atoms with van der Waals surface area (Å²) in [5, 5.41) is 16.7. The number of aliphatic hydroxyl groups is 1. The molecular weight excluding hydrogens is 823 g/mol. The van der Waals surface area contributed by atoms with Gasteiger partial charge in [0.1, 0.15) is 18.1 Å². The number of likely N-dealkylation sites (N-methyl/N-ethyl adjacent to an activating group) is 1. The molecule has 2 aromatic heterocycles. The molecule has 3 aliphatic rings. The Hall–Kier alpha value is -5.86. The van der Waals surface area contributed by atoms with Gasteiger partial charge in [-0.05, 0) is 97.5 Å². The number of rotatable bonds is 10. The number of amides is 4. The predicted octanol–water partition coefficient (Wildman–Crippen LogP) is 6.00. The number of aromatic nitrogens is 2. The monoisotopic (exact) mass is 887 g/mol. The van der Waals surface area contributed by atoms with Crippen LogP contribution in [0.15, 0.2) is 73.4 Å². The third kappa shape index (κ3) is 9.89. The lowest BCUT2D eigenvalue weighted by Crippen LogP contribution is -2.62. The fourth-order valence-electron chi connectivity index (χ4n) is 9.91. The quantitative estimate of drug-likeness (QED) is 0.128. The molecule has 5 heterocycles. The molecule has 7 rings (SSSR count). The summed E-state index contributed by atoms with van der Waals surface area (Å²) < 4.78 is 8.38. The van der Waals surface area contributed by atoms with Crippen molar-refractivity contribution in [2.45, 2.75) is 111 Å². The standard InChI is InChI=1S/C51H65N7O7/c1-9-42(59)44-36(17-13-22-52-44)46-38-28-51(6,7)30-65-50(64)39-18-14-23-58(54-39)49(63)40(26-32-15-12-16-33(25-32)34-19-20-41(37(38)27-34)57(46)11-3)53-47(61)45(31(4)5)55(8)48(62)35-21-24-56(29-35)43(60)10-2/h10,12-13,15-17,19-20,22,25,27,31,35,39-40,42,45,54,59H,2,9,11,14,18,21,23-24,26,28-30H2,1,3-8H3,(H,53,61)/t35-,39-,40-,42+,45-/m0/s1. The Morgan fingerprint density at radius 2 is 1.83 bits per heavy atom. The van der Waals surface area contributed by atoms with E-state index in [2.05, 4.69) is 65.8 Å². The van der Waals surface area contributed by atoms with Gasteiger partial charge in [0.2, 0.25) is 17.7 Å². The average Bonchev–Trinajstić information content (AvgIpc) is 3.92. The van der Waals surface area contributed by atoms with E-state index in [0.717, 1.165) is 44.4 Å². The number of cyclic esters (lactones) is 1. The summed E-state index contributed by atoms with van der Waals surface area (Å²) in [4.78, 5) is 77.0. The van der Waals surface area contributed by atoms with Gasteiger partial charge in [-0.15, -0.1) is 0 Å². The van der Waals surface area contributed by atoms with Crippen molar-refractivity contribution in [2.75, 3.05) is 33.3 Å². The third-order valence-corrected chi connectivity index (χ3v) is 13.3. The van der Waals surface area contributed by atoms with Gasteiger partial charge in [-0.2, -0.15) is 0 Å². The number of esters is 1. The first-order valence-corrected chi connectivity index (χ1v) is 23.2. The summed E-state index contributed by atoms with van der Waals surface area (Å²) in [6.45, 7) is 17.3. The summed E-state index contributed by atoms with van der Waals surface area (Å²) in [5.41, 5.74) is 9.84. The Morgan fingerprint density at radius 3 is 2.55 bits per heavy atom. The molecule has 5 atom stereocenters. The molecule has 3 N–H and O–H groups in total. The van der Waals surface area contributed by atoms with Crippen LogP contribution in [0.1, 0.15) is 90.2 Å². The maximum atomic E-state index is 14.7. The molecule has 2 fully saturated rings. The van der Waals surface area contributed by atoms with Crippen molar-refractivity contribution in [3.63, 3.8) is 0 Å². The zero-order chi connectivity index (χ0) is 46.7. The van der Waals surface area contributed by atoms with Crippen LogP contribution in [0.3, 0.4) is 0 Å². The van der Waals surface area contributed by atoms with Gasteiger partial charge in [-0.1, -0.05) is 71.5 Å². The maximum absolute atomic E-state index is 14.7. The molecule has 3 aliphatic heterocycles. The lowest BCUT2D eigenvalue weighted by atomic mass is 9.84. The number of ether oxygens (including phenoxy) is 1. The summed E-state index contributed by atoms with van der Waals surface area (Å²) in [7, 11) is 1.60. The van der Waals surface area contributed by atoms with Gasteiger partial charge in [-0.25, -0.2) is 5.43 Å². The molecule has 14 nitrogen and oxygen atoms in total. The molecule has 346 valence electrons. The SMILES string of the molecule is C=CC(=O)N1CC[C@H](C(=O)N(C)[C@H](C(=O)N[C@H]2Cc3cccc(c3)-c3ccc4c(c3)c(c(-c3cccnc3[C@H](O)CC)n4CC)CC(C)(C)COC(=O)[C@@H]3CCCN(N3)C2=O)C(C)C)C1. The molecule has 0 saturated carbocycles. The molecule has 2 saturated heterocycles. The van der Waals surface area contributed by atoms with E-state index in [0.29, 0.717) is 57.4 Å². The summed E-state index contributed by atoms with van der Waals surface area (Å²) in [5.74, 6) is -2.61. The number of hydrogen-bond acceptors (Lipinski definition) is 9. The number of benzene rings is 2. The molecule has 2 aromatic carbocycles. The Kier molecular flexibility index (Phi) is 14.3. The molecule has 0 aliphatic carbocycles. The number of nitrogens with one attached hydrogen (secondary N) is 2. The molecule has 6 bridgehead atoms. The summed E-state index contributed by atoms with van der Waals surface area (Å²) >= 11 is 0. The van der Waals surface area contributed by atoms with Crippen LogP contribution in [-0.2, 0) is 48.1 Å². The first-order valence-electron chi connectivity index (χ1n) is 23.2. The summed E-state index contributed by atoms with van der Waals surface area (Å²) in [6, 6.07) is 15.5. The number of hydrazine groups is 1. The van der Waals surface area contributed by atoms with Crippen molar-refractivity contribution in [1.82, 2.24) is 35.1 Å². The van der Waals surface area contributed by atoms with E-state index in [9.17, 15) is 29.1 Å². The van der Waals surface area contributed by atoms with Crippen molar-refractivity contribution < 1.29 is 33.8 Å². The first kappa shape index (κ1) is 47.1. The van der Waals surface area contributed by atoms with Crippen LogP contribution in [-0.4, -0.2) is 110 Å². The van der Waals surface area contributed by atoms with E-state index in [1.54, 1.807) is 18.1 Å². The van der Waals surface area contributed by atoms with Crippen molar-refractivity contribution >= 4 is 40.5 Å². The van der Waals surface area contributed by atoms with Crippen LogP contribution in [0.2, 0.25) is 0 Å². The molecule has 4 aromatic rings. The van der Waals surface area contributed by atoms with Crippen molar-refractivity contribution in [1.29, 1.82) is 0 Å². The highest BCUT2D eigenvalue weighted by molar-refractivity contribution is 5.96. The highest BCUT2D eigenvalue weighted by Gasteiger charge is 2.40. The Balaban J connectivity index is 1.29. The first-order chi connectivity index (χ1) is 31.0. The summed E-state index contributed by atoms with van der Waals surface area (Å²) in [6.07, 6.45) is 4.86. The molecular formula is C51H65N7O7. The van der Waals surface area contributed by atoms with E-state index in [4.69, 9.17) is 4.74 Å². The number of pyridine rings is 1. The third-order valence-electron chi connectivity index (χ3n) is 13.3. The Bertz CT molecular complexity index is 2460. The smallest absolute Gasteiger partial charge is 0.324 e. The van der Waals surface area contributed by atoms with E-state index in [1.807, 2.05) is 57.2 Å². The minimum Gasteiger partial charge on any atom is -0.464 e. The number of aryl methyl sites for hydroxylation is 1. The lowest BCUT2D eigenvalue weighted by Gasteiger charge is -2.37. The van der Waals surface area contributed by atoms with Gasteiger partial charge >= 0.3 is 5.97 Å². The molecule has 0 spiro atoms. The van der Waals surface area contributed by atoms with Crippen LogP contribution in [0.25, 0.3) is 33.3 Å². The van der Waals surface area contributed by atoms with Crippen molar-refractivity contribution in [3.8, 4) is 22.4 Å². The number of aliphatic hydroxyl groups excluding tert-OH is 1. The van der Waals surface area contributed by atoms with Crippen molar-refractivity contribution in [2.24, 2.45) is 17.3 Å². The van der Waals surface area contributed by atoms with E-state index >= 15 is 0 Å². The minimum atomic E-state index is -1.06. The van der Waals surface area contributed by atoms with Gasteiger partial charge < -0.3 is 29.5 Å². The number of carbonyl (C=O) groups excluding carboxylic acids is 5.